The van der Waals surface area contributed by atoms with Crippen LogP contribution in [0.25, 0.3) is 0 Å². The third-order valence-corrected chi connectivity index (χ3v) is 4.22. The topological polar surface area (TPSA) is 214 Å². The van der Waals surface area contributed by atoms with E-state index in [0.717, 1.165) is 0 Å². The van der Waals surface area contributed by atoms with Crippen LogP contribution in [0, 0.1) is 0 Å². The molecule has 0 saturated carbocycles. The normalized spacial score (nSPS) is 14.4. The maximum Gasteiger partial charge on any atom is 0.326 e. The molecule has 4 amide bonds. The number of nitrogens with one attached hydrogen (secondary N) is 3. The number of aliphatic hydroxyl groups is 1. The van der Waals surface area contributed by atoms with Crippen molar-refractivity contribution in [2.45, 2.75) is 43.9 Å². The molecule has 31 heavy (non-hydrogen) atoms. The van der Waals surface area contributed by atoms with E-state index in [-0.39, 0.29) is 6.42 Å². The summed E-state index contributed by atoms with van der Waals surface area (Å²) in [5.74, 6) is -4.63. The zero-order chi connectivity index (χ0) is 23.6. The summed E-state index contributed by atoms with van der Waals surface area (Å²) >= 11 is 0. The fraction of sp³-hybridized carbons (Fsp3) is 0.421. The zero-order valence-electron chi connectivity index (χ0n) is 16.9. The summed E-state index contributed by atoms with van der Waals surface area (Å²) in [7, 11) is 0. The van der Waals surface area contributed by atoms with Gasteiger partial charge in [-0.25, -0.2) is 4.79 Å². The van der Waals surface area contributed by atoms with E-state index in [1.165, 1.54) is 6.92 Å². The van der Waals surface area contributed by atoms with Crippen molar-refractivity contribution in [2.75, 3.05) is 6.61 Å². The van der Waals surface area contributed by atoms with E-state index in [9.17, 15) is 34.2 Å². The van der Waals surface area contributed by atoms with Crippen molar-refractivity contribution in [2.24, 2.45) is 11.5 Å². The Morgan fingerprint density at radius 3 is 2.03 bits per heavy atom. The predicted molar refractivity (Wildman–Crippen MR) is 108 cm³/mol. The number of aliphatic hydroxyl groups excluding tert-OH is 1. The summed E-state index contributed by atoms with van der Waals surface area (Å²) in [5.41, 5.74) is 11.1. The second-order valence-corrected chi connectivity index (χ2v) is 6.84. The smallest absolute Gasteiger partial charge is 0.326 e. The lowest BCUT2D eigenvalue weighted by Crippen LogP contribution is -2.57. The quantitative estimate of drug-likeness (QED) is 0.178. The fourth-order valence-corrected chi connectivity index (χ4v) is 2.51. The van der Waals surface area contributed by atoms with Crippen LogP contribution in [0.2, 0.25) is 0 Å². The molecule has 12 heteroatoms. The molecule has 0 aliphatic rings. The number of carboxylic acids is 1. The minimum absolute atomic E-state index is 0.00177. The van der Waals surface area contributed by atoms with Gasteiger partial charge in [0.05, 0.1) is 19.1 Å². The number of carboxylic acid groups (broad SMARTS) is 1. The highest BCUT2D eigenvalue weighted by Crippen LogP contribution is 2.04. The highest BCUT2D eigenvalue weighted by molar-refractivity contribution is 5.94. The first kappa shape index (κ1) is 25.5. The Bertz CT molecular complexity index is 802. The van der Waals surface area contributed by atoms with Crippen molar-refractivity contribution in [3.8, 4) is 0 Å². The lowest BCUT2D eigenvalue weighted by molar-refractivity contribution is -0.142. The van der Waals surface area contributed by atoms with E-state index in [0.29, 0.717) is 5.56 Å². The van der Waals surface area contributed by atoms with E-state index in [4.69, 9.17) is 11.5 Å². The Kier molecular flexibility index (Phi) is 10.1. The summed E-state index contributed by atoms with van der Waals surface area (Å²) in [6.07, 6.45) is -0.419. The molecule has 0 saturated heterocycles. The minimum Gasteiger partial charge on any atom is -0.480 e. The van der Waals surface area contributed by atoms with Crippen molar-refractivity contribution in [1.29, 1.82) is 0 Å². The van der Waals surface area contributed by atoms with Crippen molar-refractivity contribution >= 4 is 29.6 Å². The van der Waals surface area contributed by atoms with Crippen LogP contribution in [0.3, 0.4) is 0 Å². The molecule has 4 unspecified atom stereocenters. The van der Waals surface area contributed by atoms with Crippen LogP contribution < -0.4 is 27.4 Å². The van der Waals surface area contributed by atoms with Crippen LogP contribution >= 0.6 is 0 Å². The number of amides is 4. The highest BCUT2D eigenvalue weighted by atomic mass is 16.4. The van der Waals surface area contributed by atoms with Crippen LogP contribution in [-0.2, 0) is 30.4 Å². The van der Waals surface area contributed by atoms with E-state index in [1.54, 1.807) is 30.3 Å². The van der Waals surface area contributed by atoms with Crippen LogP contribution in [-0.4, -0.2) is 70.6 Å². The minimum atomic E-state index is -1.45. The van der Waals surface area contributed by atoms with Gasteiger partial charge in [-0.15, -0.1) is 0 Å². The lowest BCUT2D eigenvalue weighted by Gasteiger charge is -2.22. The molecule has 0 aliphatic heterocycles. The fourth-order valence-electron chi connectivity index (χ4n) is 2.51. The highest BCUT2D eigenvalue weighted by Gasteiger charge is 2.28. The van der Waals surface area contributed by atoms with E-state index in [2.05, 4.69) is 16.0 Å². The van der Waals surface area contributed by atoms with E-state index >= 15 is 0 Å². The van der Waals surface area contributed by atoms with Gasteiger partial charge < -0.3 is 37.6 Å². The molecule has 0 radical (unpaired) electrons. The number of nitrogens with two attached hydrogens (primary N) is 2. The largest absolute Gasteiger partial charge is 0.480 e. The molecule has 0 bridgehead atoms. The molecule has 0 fully saturated rings. The van der Waals surface area contributed by atoms with Gasteiger partial charge >= 0.3 is 5.97 Å². The summed E-state index contributed by atoms with van der Waals surface area (Å²) in [6, 6.07) is 3.44. The third kappa shape index (κ3) is 8.80. The first-order valence-electron chi connectivity index (χ1n) is 9.37. The Balaban J connectivity index is 2.69. The molecule has 1 aromatic carbocycles. The van der Waals surface area contributed by atoms with Crippen LogP contribution in [0.4, 0.5) is 0 Å². The molecular weight excluding hydrogens is 410 g/mol. The molecule has 9 N–H and O–H groups in total. The Labute approximate surface area is 178 Å². The molecule has 0 aromatic heterocycles. The monoisotopic (exact) mass is 437 g/mol. The number of hydrogen-bond acceptors (Lipinski definition) is 7. The maximum absolute atomic E-state index is 12.4. The average Bonchev–Trinajstić information content (AvgIpc) is 2.71. The van der Waals surface area contributed by atoms with Gasteiger partial charge in [-0.3, -0.25) is 19.2 Å². The molecule has 0 spiro atoms. The van der Waals surface area contributed by atoms with Gasteiger partial charge in [-0.2, -0.15) is 0 Å². The summed E-state index contributed by atoms with van der Waals surface area (Å²) in [5, 5.41) is 25.6. The Hall–Kier alpha value is -3.51. The van der Waals surface area contributed by atoms with Crippen molar-refractivity contribution in [3.05, 3.63) is 35.9 Å². The van der Waals surface area contributed by atoms with Crippen molar-refractivity contribution < 1.29 is 34.2 Å². The van der Waals surface area contributed by atoms with Crippen LogP contribution in [0.15, 0.2) is 30.3 Å². The predicted octanol–water partition coefficient (Wildman–Crippen LogP) is -3.02. The SMILES string of the molecule is CC(NC(=O)C(N)CC(N)=O)C(=O)NC(CO)C(=O)NC(Cc1ccccc1)C(=O)O. The van der Waals surface area contributed by atoms with Gasteiger partial charge in [0.1, 0.15) is 18.1 Å². The van der Waals surface area contributed by atoms with Crippen molar-refractivity contribution in [3.63, 3.8) is 0 Å². The van der Waals surface area contributed by atoms with Gasteiger partial charge in [-0.05, 0) is 12.5 Å². The molecule has 12 nitrogen and oxygen atoms in total. The molecule has 4 atom stereocenters. The van der Waals surface area contributed by atoms with E-state index in [1.807, 2.05) is 0 Å². The van der Waals surface area contributed by atoms with Crippen LogP contribution in [0.1, 0.15) is 18.9 Å². The molecule has 0 aliphatic carbocycles. The Morgan fingerprint density at radius 1 is 0.935 bits per heavy atom. The summed E-state index contributed by atoms with van der Waals surface area (Å²) < 4.78 is 0. The number of rotatable bonds is 12. The third-order valence-electron chi connectivity index (χ3n) is 4.22. The number of primary amides is 1. The van der Waals surface area contributed by atoms with Gasteiger partial charge in [0.2, 0.25) is 23.6 Å². The van der Waals surface area contributed by atoms with Gasteiger partial charge in [0, 0.05) is 6.42 Å². The summed E-state index contributed by atoms with van der Waals surface area (Å²) in [4.78, 5) is 58.8. The van der Waals surface area contributed by atoms with Gasteiger partial charge in [0.15, 0.2) is 0 Å². The first-order valence-corrected chi connectivity index (χ1v) is 9.37. The molecular formula is C19H27N5O7. The second-order valence-electron chi connectivity index (χ2n) is 6.84. The summed E-state index contributed by atoms with van der Waals surface area (Å²) in [6.45, 7) is 0.489. The molecule has 0 heterocycles. The number of aliphatic carboxylic acids is 1. The van der Waals surface area contributed by atoms with Crippen LogP contribution in [0.5, 0.6) is 0 Å². The standard InChI is InChI=1S/C19H27N5O7/c1-10(22-17(28)12(20)8-15(21)26)16(27)24-14(9-25)18(29)23-13(19(30)31)7-11-5-3-2-4-6-11/h2-6,10,12-14,25H,7-9,20H2,1H3,(H2,21,26)(H,22,28)(H,23,29)(H,24,27)(H,30,31). The Morgan fingerprint density at radius 2 is 1.52 bits per heavy atom. The zero-order valence-corrected chi connectivity index (χ0v) is 16.9. The number of carbonyl (C=O) groups is 5. The lowest BCUT2D eigenvalue weighted by atomic mass is 10.1. The first-order chi connectivity index (χ1) is 14.5. The van der Waals surface area contributed by atoms with Crippen molar-refractivity contribution in [1.82, 2.24) is 16.0 Å². The average molecular weight is 437 g/mol. The molecule has 170 valence electrons. The van der Waals surface area contributed by atoms with E-state index < -0.39 is 66.8 Å². The molecule has 1 rings (SSSR count). The maximum atomic E-state index is 12.4. The van der Waals surface area contributed by atoms with Gasteiger partial charge in [-0.1, -0.05) is 30.3 Å². The number of hydrogen-bond donors (Lipinski definition) is 7. The number of benzene rings is 1. The van der Waals surface area contributed by atoms with Gasteiger partial charge in [0.25, 0.3) is 0 Å². The molecule has 1 aromatic rings. The number of carbonyl (C=O) groups excluding carboxylic acids is 4. The second kappa shape index (κ2) is 12.2.